The molecule has 0 amide bonds. The zero-order valence-corrected chi connectivity index (χ0v) is 9.63. The fourth-order valence-corrected chi connectivity index (χ4v) is 3.67. The average molecular weight is 235 g/mol. The van der Waals surface area contributed by atoms with Crippen LogP contribution in [-0.4, -0.2) is 38.0 Å². The number of carbonyl (C=O) groups is 1. The lowest BCUT2D eigenvalue weighted by molar-refractivity contribution is -0.711. The van der Waals surface area contributed by atoms with Crippen LogP contribution in [-0.2, 0) is 14.6 Å². The first-order chi connectivity index (χ1) is 6.94. The van der Waals surface area contributed by atoms with Gasteiger partial charge in [-0.05, 0) is 0 Å². The molecule has 1 aliphatic heterocycles. The third kappa shape index (κ3) is 3.79. The lowest BCUT2D eigenvalue weighted by Crippen LogP contribution is -2.97. The molecule has 0 aromatic carbocycles. The Hall–Kier alpha value is -0.620. The first-order valence-electron chi connectivity index (χ1n) is 5.21. The third-order valence-electron chi connectivity index (χ3n) is 2.67. The number of sulfone groups is 1. The minimum Gasteiger partial charge on any atom is -0.544 e. The maximum absolute atomic E-state index is 11.2. The molecule has 2 atom stereocenters. The number of hydrogen-bond donors (Lipinski definition) is 1. The Kier molecular flexibility index (Phi) is 4.10. The summed E-state index contributed by atoms with van der Waals surface area (Å²) in [6.07, 6.45) is 1.84. The average Bonchev–Trinajstić information content (AvgIpc) is 2.44. The highest BCUT2D eigenvalue weighted by Gasteiger charge is 2.32. The molecule has 1 fully saturated rings. The summed E-state index contributed by atoms with van der Waals surface area (Å²) in [5.74, 6) is -0.818. The van der Waals surface area contributed by atoms with Crippen LogP contribution < -0.4 is 10.4 Å². The molecule has 1 heterocycles. The Labute approximate surface area is 89.8 Å². The van der Waals surface area contributed by atoms with E-state index >= 15 is 0 Å². The summed E-state index contributed by atoms with van der Waals surface area (Å²) in [4.78, 5) is 10.7. The smallest absolute Gasteiger partial charge is 0.156 e. The Bertz CT molecular complexity index is 325. The largest absolute Gasteiger partial charge is 0.544 e. The Morgan fingerprint density at radius 1 is 1.60 bits per heavy atom. The fourth-order valence-electron chi connectivity index (χ4n) is 1.91. The molecule has 0 bridgehead atoms. The molecule has 0 radical (unpaired) electrons. The highest BCUT2D eigenvalue weighted by atomic mass is 32.2. The third-order valence-corrected chi connectivity index (χ3v) is 4.47. The number of aliphatic carboxylic acids is 1. The Morgan fingerprint density at radius 3 is 2.67 bits per heavy atom. The van der Waals surface area contributed by atoms with E-state index in [1.165, 1.54) is 0 Å². The molecule has 0 aromatic heterocycles. The quantitative estimate of drug-likeness (QED) is 0.578. The van der Waals surface area contributed by atoms with Gasteiger partial charge in [0.25, 0.3) is 0 Å². The van der Waals surface area contributed by atoms with Crippen LogP contribution in [0, 0.1) is 0 Å². The molecule has 15 heavy (non-hydrogen) atoms. The van der Waals surface area contributed by atoms with E-state index in [0.29, 0.717) is 12.8 Å². The van der Waals surface area contributed by atoms with Gasteiger partial charge in [0, 0.05) is 12.8 Å². The summed E-state index contributed by atoms with van der Waals surface area (Å²) in [6, 6.07) is -0.710. The molecule has 0 unspecified atom stereocenters. The van der Waals surface area contributed by atoms with Gasteiger partial charge in [0.1, 0.15) is 17.8 Å². The minimum atomic E-state index is -2.93. The number of hydrogen-bond acceptors (Lipinski definition) is 4. The predicted octanol–water partition coefficient (Wildman–Crippen LogP) is -2.34. The summed E-state index contributed by atoms with van der Waals surface area (Å²) in [5.41, 5.74) is 0. The molecule has 0 spiro atoms. The molecule has 1 saturated heterocycles. The van der Waals surface area contributed by atoms with Crippen molar-refractivity contribution in [2.24, 2.45) is 0 Å². The highest BCUT2D eigenvalue weighted by molar-refractivity contribution is 7.91. The molecule has 88 valence electrons. The number of carbonyl (C=O) groups excluding carboxylic acids is 1. The molecule has 6 heteroatoms. The predicted molar refractivity (Wildman–Crippen MR) is 52.7 cm³/mol. The van der Waals surface area contributed by atoms with Crippen molar-refractivity contribution < 1.29 is 23.6 Å². The zero-order chi connectivity index (χ0) is 11.5. The lowest BCUT2D eigenvalue weighted by Gasteiger charge is -2.19. The van der Waals surface area contributed by atoms with Gasteiger partial charge in [-0.2, -0.15) is 0 Å². The maximum atomic E-state index is 11.2. The molecule has 5 nitrogen and oxygen atoms in total. The molecule has 2 N–H and O–H groups in total. The Morgan fingerprint density at radius 2 is 2.27 bits per heavy atom. The standard InChI is InChI=1S/C9H17NO4S/c1-2-3-8(9(11)12)10-7-4-5-15(13,14)6-7/h7-8,10H,2-6H2,1H3,(H,11,12)/t7-,8-/m0/s1. The second-order valence-corrected chi connectivity index (χ2v) is 6.30. The van der Waals surface area contributed by atoms with Crippen LogP contribution in [0.3, 0.4) is 0 Å². The van der Waals surface area contributed by atoms with E-state index in [2.05, 4.69) is 0 Å². The van der Waals surface area contributed by atoms with E-state index in [0.717, 1.165) is 6.42 Å². The van der Waals surface area contributed by atoms with Crippen molar-refractivity contribution in [2.45, 2.75) is 38.3 Å². The fraction of sp³-hybridized carbons (Fsp3) is 0.889. The maximum Gasteiger partial charge on any atom is 0.156 e. The number of carboxylic acid groups (broad SMARTS) is 1. The van der Waals surface area contributed by atoms with Crippen molar-refractivity contribution >= 4 is 15.8 Å². The minimum absolute atomic E-state index is 0.0977. The van der Waals surface area contributed by atoms with Gasteiger partial charge in [-0.1, -0.05) is 13.3 Å². The Balaban J connectivity index is 2.49. The molecule has 1 aliphatic rings. The second-order valence-electron chi connectivity index (χ2n) is 4.07. The van der Waals surface area contributed by atoms with Crippen molar-refractivity contribution in [3.8, 4) is 0 Å². The molecular formula is C9H17NO4S. The van der Waals surface area contributed by atoms with Gasteiger partial charge in [-0.3, -0.25) is 0 Å². The normalized spacial score (nSPS) is 26.3. The van der Waals surface area contributed by atoms with Crippen LogP contribution >= 0.6 is 0 Å². The molecular weight excluding hydrogens is 218 g/mol. The van der Waals surface area contributed by atoms with Crippen LogP contribution in [0.1, 0.15) is 26.2 Å². The van der Waals surface area contributed by atoms with Crippen LogP contribution in [0.15, 0.2) is 0 Å². The SMILES string of the molecule is CCC[C@H]([NH2+][C@H]1CCS(=O)(=O)C1)C(=O)[O-]. The van der Waals surface area contributed by atoms with Gasteiger partial charge < -0.3 is 15.2 Å². The van der Waals surface area contributed by atoms with Gasteiger partial charge in [0.05, 0.1) is 11.7 Å². The van der Waals surface area contributed by atoms with Crippen LogP contribution in [0.4, 0.5) is 0 Å². The van der Waals surface area contributed by atoms with Gasteiger partial charge in [-0.15, -0.1) is 0 Å². The molecule has 0 aromatic rings. The zero-order valence-electron chi connectivity index (χ0n) is 8.81. The van der Waals surface area contributed by atoms with E-state index in [1.807, 2.05) is 6.92 Å². The molecule has 0 saturated carbocycles. The highest BCUT2D eigenvalue weighted by Crippen LogP contribution is 2.08. The summed E-state index contributed by atoms with van der Waals surface area (Å²) < 4.78 is 22.3. The topological polar surface area (TPSA) is 90.9 Å². The molecule has 1 rings (SSSR count). The van der Waals surface area contributed by atoms with E-state index in [-0.39, 0.29) is 17.5 Å². The summed E-state index contributed by atoms with van der Waals surface area (Å²) >= 11 is 0. The van der Waals surface area contributed by atoms with Gasteiger partial charge >= 0.3 is 0 Å². The summed E-state index contributed by atoms with van der Waals surface area (Å²) in [5, 5.41) is 12.4. The van der Waals surface area contributed by atoms with Crippen molar-refractivity contribution in [1.82, 2.24) is 0 Å². The number of rotatable bonds is 5. The van der Waals surface area contributed by atoms with Gasteiger partial charge in [-0.25, -0.2) is 8.42 Å². The van der Waals surface area contributed by atoms with Crippen LogP contribution in [0.2, 0.25) is 0 Å². The van der Waals surface area contributed by atoms with Gasteiger partial charge in [0.15, 0.2) is 9.84 Å². The monoisotopic (exact) mass is 235 g/mol. The number of carboxylic acids is 1. The van der Waals surface area contributed by atoms with Gasteiger partial charge in [0.2, 0.25) is 0 Å². The summed E-state index contributed by atoms with van der Waals surface area (Å²) in [6.45, 7) is 1.90. The number of nitrogens with two attached hydrogens (primary N) is 1. The first-order valence-corrected chi connectivity index (χ1v) is 7.03. The molecule has 0 aliphatic carbocycles. The van der Waals surface area contributed by atoms with Crippen molar-refractivity contribution in [3.05, 3.63) is 0 Å². The van der Waals surface area contributed by atoms with Crippen molar-refractivity contribution in [2.75, 3.05) is 11.5 Å². The van der Waals surface area contributed by atoms with E-state index < -0.39 is 21.8 Å². The van der Waals surface area contributed by atoms with Crippen molar-refractivity contribution in [3.63, 3.8) is 0 Å². The number of quaternary nitrogens is 1. The lowest BCUT2D eigenvalue weighted by atomic mass is 10.1. The van der Waals surface area contributed by atoms with E-state index in [4.69, 9.17) is 0 Å². The van der Waals surface area contributed by atoms with Crippen LogP contribution in [0.5, 0.6) is 0 Å². The van der Waals surface area contributed by atoms with E-state index in [9.17, 15) is 18.3 Å². The summed E-state index contributed by atoms with van der Waals surface area (Å²) in [7, 11) is -2.93. The van der Waals surface area contributed by atoms with E-state index in [1.54, 1.807) is 5.32 Å². The van der Waals surface area contributed by atoms with Crippen molar-refractivity contribution in [1.29, 1.82) is 0 Å². The second kappa shape index (κ2) is 4.94. The first kappa shape index (κ1) is 12.4. The van der Waals surface area contributed by atoms with Crippen LogP contribution in [0.25, 0.3) is 0 Å².